The fourth-order valence-corrected chi connectivity index (χ4v) is 8.07. The number of carboxylic acids is 1. The molecule has 4 aliphatic rings. The van der Waals surface area contributed by atoms with Gasteiger partial charge >= 0.3 is 5.97 Å². The molecule has 230 valence electrons. The summed E-state index contributed by atoms with van der Waals surface area (Å²) in [4.78, 5) is 68.8. The molecule has 2 aromatic rings. The lowest BCUT2D eigenvalue weighted by molar-refractivity contribution is -0.142. The molecule has 6 rings (SSSR count). The second-order valence-electron chi connectivity index (χ2n) is 11.8. The molecule has 2 aromatic carbocycles. The van der Waals surface area contributed by atoms with Gasteiger partial charge < -0.3 is 14.9 Å². The van der Waals surface area contributed by atoms with Crippen molar-refractivity contribution < 1.29 is 43.3 Å². The number of methoxy groups -OCH3 is 1. The number of nitrogens with zero attached hydrogens (tertiary/aromatic N) is 2. The highest BCUT2D eigenvalue weighted by molar-refractivity contribution is 6.32. The van der Waals surface area contributed by atoms with Crippen LogP contribution in [0.25, 0.3) is 0 Å². The number of carboxylic acid groups (broad SMARTS) is 1. The number of benzene rings is 2. The smallest absolute Gasteiger partial charge is 0.305 e. The summed E-state index contributed by atoms with van der Waals surface area (Å²) in [6, 6.07) is 6.56. The largest absolute Gasteiger partial charge is 0.503 e. The predicted octanol–water partition coefficient (Wildman–Crippen LogP) is 4.55. The van der Waals surface area contributed by atoms with Crippen LogP contribution in [-0.2, 0) is 24.0 Å². The van der Waals surface area contributed by atoms with Gasteiger partial charge in [0, 0.05) is 12.5 Å². The van der Waals surface area contributed by atoms with Crippen LogP contribution < -0.4 is 9.64 Å². The number of ether oxygens (including phenoxy) is 1. The van der Waals surface area contributed by atoms with E-state index in [2.05, 4.69) is 0 Å². The molecule has 44 heavy (non-hydrogen) atoms. The molecule has 2 aliphatic carbocycles. The summed E-state index contributed by atoms with van der Waals surface area (Å²) >= 11 is 12.4. The van der Waals surface area contributed by atoms with Crippen molar-refractivity contribution in [1.82, 2.24) is 4.90 Å². The summed E-state index contributed by atoms with van der Waals surface area (Å²) in [7, 11) is 1.34. The van der Waals surface area contributed by atoms with Gasteiger partial charge in [0.1, 0.15) is 5.82 Å². The van der Waals surface area contributed by atoms with Crippen LogP contribution in [0, 0.1) is 34.9 Å². The van der Waals surface area contributed by atoms with E-state index in [4.69, 9.17) is 27.9 Å². The fourth-order valence-electron chi connectivity index (χ4n) is 7.67. The molecule has 2 heterocycles. The summed E-state index contributed by atoms with van der Waals surface area (Å²) in [5, 5.41) is 19.3. The highest BCUT2D eigenvalue weighted by atomic mass is 35.5. The van der Waals surface area contributed by atoms with Gasteiger partial charge in [-0.25, -0.2) is 9.29 Å². The lowest BCUT2D eigenvalue weighted by Crippen LogP contribution is -2.48. The first-order valence-electron chi connectivity index (χ1n) is 14.0. The first kappa shape index (κ1) is 30.1. The SMILES string of the molecule is COc1cc(C2C3=CCC4C(=O)N(CCC(=O)O)C(=O)C4C3CC3C(=O)N(c4ccc(F)c(Cl)c4)C(=O)C32C)cc(Cl)c1O. The van der Waals surface area contributed by atoms with Crippen LogP contribution in [0.2, 0.25) is 10.0 Å². The molecule has 2 N–H and O–H groups in total. The number of likely N-dealkylation sites (tertiary alicyclic amines) is 1. The van der Waals surface area contributed by atoms with E-state index in [0.717, 1.165) is 15.9 Å². The lowest BCUT2D eigenvalue weighted by atomic mass is 9.51. The Morgan fingerprint density at radius 1 is 1.07 bits per heavy atom. The van der Waals surface area contributed by atoms with Gasteiger partial charge in [-0.1, -0.05) is 34.9 Å². The number of aliphatic carboxylic acids is 1. The van der Waals surface area contributed by atoms with Crippen LogP contribution in [0.15, 0.2) is 42.0 Å². The second-order valence-corrected chi connectivity index (χ2v) is 12.6. The van der Waals surface area contributed by atoms with Gasteiger partial charge in [-0.05, 0) is 61.6 Å². The molecule has 6 atom stereocenters. The van der Waals surface area contributed by atoms with Gasteiger partial charge in [0.2, 0.25) is 23.6 Å². The van der Waals surface area contributed by atoms with E-state index >= 15 is 0 Å². The van der Waals surface area contributed by atoms with Crippen molar-refractivity contribution in [2.45, 2.75) is 32.1 Å². The minimum Gasteiger partial charge on any atom is -0.503 e. The number of allylic oxidation sites excluding steroid dienone is 2. The number of phenols is 1. The number of phenolic OH excluding ortho intramolecular Hbond substituents is 1. The zero-order valence-corrected chi connectivity index (χ0v) is 25.1. The van der Waals surface area contributed by atoms with E-state index in [1.807, 2.05) is 6.08 Å². The Kier molecular flexibility index (Phi) is 7.24. The number of hydrogen-bond donors (Lipinski definition) is 2. The number of hydrogen-bond acceptors (Lipinski definition) is 7. The topological polar surface area (TPSA) is 142 Å². The molecule has 0 radical (unpaired) electrons. The summed E-state index contributed by atoms with van der Waals surface area (Å²) < 4.78 is 19.4. The molecule has 0 spiro atoms. The van der Waals surface area contributed by atoms with E-state index < -0.39 is 76.8 Å². The minimum absolute atomic E-state index is 0.0370. The number of carbonyl (C=O) groups is 5. The zero-order chi connectivity index (χ0) is 31.8. The Hall–Kier alpha value is -3.96. The number of aromatic hydroxyl groups is 1. The van der Waals surface area contributed by atoms with Crippen molar-refractivity contribution in [3.05, 3.63) is 63.4 Å². The highest BCUT2D eigenvalue weighted by Gasteiger charge is 2.67. The van der Waals surface area contributed by atoms with Crippen LogP contribution in [0.1, 0.15) is 37.7 Å². The third-order valence-electron chi connectivity index (χ3n) is 9.68. The van der Waals surface area contributed by atoms with Gasteiger partial charge in [0.05, 0.1) is 52.4 Å². The van der Waals surface area contributed by atoms with Gasteiger partial charge in [-0.3, -0.25) is 28.9 Å². The molecule has 10 nitrogen and oxygen atoms in total. The molecular formula is C31H27Cl2FN2O8. The number of rotatable bonds is 6. The van der Waals surface area contributed by atoms with Gasteiger partial charge in [-0.15, -0.1) is 0 Å². The van der Waals surface area contributed by atoms with Crippen molar-refractivity contribution >= 4 is 58.5 Å². The quantitative estimate of drug-likeness (QED) is 0.345. The molecule has 0 aromatic heterocycles. The molecule has 2 saturated heterocycles. The van der Waals surface area contributed by atoms with Crippen LogP contribution in [-0.4, -0.2) is 58.4 Å². The molecule has 3 fully saturated rings. The van der Waals surface area contributed by atoms with E-state index in [-0.39, 0.29) is 46.6 Å². The Bertz CT molecular complexity index is 1690. The number of halogens is 3. The van der Waals surface area contributed by atoms with Crippen molar-refractivity contribution in [3.63, 3.8) is 0 Å². The molecular weight excluding hydrogens is 618 g/mol. The van der Waals surface area contributed by atoms with Crippen LogP contribution in [0.5, 0.6) is 11.5 Å². The van der Waals surface area contributed by atoms with Crippen molar-refractivity contribution in [1.29, 1.82) is 0 Å². The van der Waals surface area contributed by atoms with Gasteiger partial charge in [0.15, 0.2) is 11.5 Å². The first-order chi connectivity index (χ1) is 20.8. The maximum Gasteiger partial charge on any atom is 0.305 e. The highest BCUT2D eigenvalue weighted by Crippen LogP contribution is 2.64. The maximum atomic E-state index is 14.4. The molecule has 0 bridgehead atoms. The first-order valence-corrected chi connectivity index (χ1v) is 14.7. The Morgan fingerprint density at radius 3 is 2.45 bits per heavy atom. The van der Waals surface area contributed by atoms with Gasteiger partial charge in [-0.2, -0.15) is 0 Å². The Balaban J connectivity index is 1.51. The lowest BCUT2D eigenvalue weighted by Gasteiger charge is -2.49. The van der Waals surface area contributed by atoms with E-state index in [1.165, 1.54) is 31.4 Å². The third kappa shape index (κ3) is 4.23. The number of amides is 4. The average molecular weight is 645 g/mol. The molecule has 4 amide bonds. The predicted molar refractivity (Wildman–Crippen MR) is 155 cm³/mol. The summed E-state index contributed by atoms with van der Waals surface area (Å²) in [6.07, 6.45) is 1.65. The van der Waals surface area contributed by atoms with E-state index in [0.29, 0.717) is 11.1 Å². The third-order valence-corrected chi connectivity index (χ3v) is 10.3. The summed E-state index contributed by atoms with van der Waals surface area (Å²) in [5.41, 5.74) is -0.224. The molecule has 2 aliphatic heterocycles. The standard InChI is InChI=1S/C31H27Cl2FN2O8/c1-31-18(28(41)36(30(31)43)14-3-6-21(34)19(32)11-14)12-17-15(25(31)13-9-20(33)26(39)22(10-13)44-2)4-5-16-24(17)29(42)35(27(16)40)8-7-23(37)38/h3-4,6,9-11,16-18,24-25,39H,5,7-8,12H2,1-2H3,(H,37,38). The van der Waals surface area contributed by atoms with E-state index in [1.54, 1.807) is 6.92 Å². The molecule has 13 heteroatoms. The Morgan fingerprint density at radius 2 is 1.80 bits per heavy atom. The van der Waals surface area contributed by atoms with Crippen LogP contribution in [0.3, 0.4) is 0 Å². The second kappa shape index (κ2) is 10.6. The van der Waals surface area contributed by atoms with E-state index in [9.17, 15) is 38.6 Å². The van der Waals surface area contributed by atoms with Gasteiger partial charge in [0.25, 0.3) is 0 Å². The minimum atomic E-state index is -1.42. The van der Waals surface area contributed by atoms with Crippen molar-refractivity contribution in [3.8, 4) is 11.5 Å². The summed E-state index contributed by atoms with van der Waals surface area (Å²) in [6.45, 7) is 1.39. The Labute approximate surface area is 261 Å². The summed E-state index contributed by atoms with van der Waals surface area (Å²) in [5.74, 6) is -8.33. The normalized spacial score (nSPS) is 29.4. The number of fused-ring (bicyclic) bond motifs is 4. The molecule has 1 saturated carbocycles. The number of carbonyl (C=O) groups excluding carboxylic acids is 4. The fraction of sp³-hybridized carbons (Fsp3) is 0.387. The number of anilines is 1. The monoisotopic (exact) mass is 644 g/mol. The van der Waals surface area contributed by atoms with Crippen molar-refractivity contribution in [2.24, 2.45) is 29.1 Å². The van der Waals surface area contributed by atoms with Crippen LogP contribution >= 0.6 is 23.2 Å². The van der Waals surface area contributed by atoms with Crippen molar-refractivity contribution in [2.75, 3.05) is 18.6 Å². The molecule has 6 unspecified atom stereocenters. The zero-order valence-electron chi connectivity index (χ0n) is 23.6. The average Bonchev–Trinajstić information content (AvgIpc) is 3.34. The van der Waals surface area contributed by atoms with Crippen LogP contribution in [0.4, 0.5) is 10.1 Å². The number of imide groups is 2. The maximum absolute atomic E-state index is 14.4.